The number of hydrogen-bond donors (Lipinski definition) is 0. The zero-order chi connectivity index (χ0) is 33.2. The topological polar surface area (TPSA) is 0 Å². The highest BCUT2D eigenvalue weighted by Crippen LogP contribution is 2.23. The largest absolute Gasteiger partial charge is 1.00 e. The van der Waals surface area contributed by atoms with Gasteiger partial charge in [-0.1, -0.05) is 212 Å². The minimum absolute atomic E-state index is 0. The summed E-state index contributed by atoms with van der Waals surface area (Å²) < 4.78 is 1.33. The van der Waals surface area contributed by atoms with Crippen molar-refractivity contribution in [2.75, 3.05) is 19.6 Å². The third kappa shape index (κ3) is 27.7. The van der Waals surface area contributed by atoms with Gasteiger partial charge >= 0.3 is 0 Å². The summed E-state index contributed by atoms with van der Waals surface area (Å²) in [4.78, 5) is 0. The third-order valence-electron chi connectivity index (χ3n) is 10.7. The summed E-state index contributed by atoms with van der Waals surface area (Å²) in [6, 6.07) is 9.39. The summed E-state index contributed by atoms with van der Waals surface area (Å²) in [5, 5.41) is 0. The van der Waals surface area contributed by atoms with E-state index in [1.54, 1.807) is 0 Å². The minimum atomic E-state index is 0. The van der Waals surface area contributed by atoms with Crippen LogP contribution >= 0.6 is 0 Å². The van der Waals surface area contributed by atoms with Gasteiger partial charge in [0.1, 0.15) is 6.54 Å². The second-order valence-electron chi connectivity index (χ2n) is 15.2. The van der Waals surface area contributed by atoms with Crippen molar-refractivity contribution in [3.05, 3.63) is 42.0 Å². The molecule has 0 spiro atoms. The van der Waals surface area contributed by atoms with E-state index >= 15 is 0 Å². The Balaban J connectivity index is 0.0000212. The fourth-order valence-electron chi connectivity index (χ4n) is 7.52. The van der Waals surface area contributed by atoms with E-state index in [-0.39, 0.29) is 12.4 Å². The van der Waals surface area contributed by atoms with E-state index in [0.717, 1.165) is 0 Å². The van der Waals surface area contributed by atoms with Crippen LogP contribution in [0.3, 0.4) is 0 Å². The van der Waals surface area contributed by atoms with Crippen molar-refractivity contribution in [3.8, 4) is 0 Å². The van der Waals surface area contributed by atoms with Gasteiger partial charge in [-0.05, 0) is 44.1 Å². The number of hydrogen-bond acceptors (Lipinski definition) is 0. The molecule has 1 aromatic carbocycles. The zero-order valence-corrected chi connectivity index (χ0v) is 33.2. The van der Waals surface area contributed by atoms with E-state index in [0.29, 0.717) is 0 Å². The van der Waals surface area contributed by atoms with Crippen LogP contribution in [0.1, 0.15) is 225 Å². The Morgan fingerprint density at radius 3 is 0.915 bits per heavy atom. The van der Waals surface area contributed by atoms with Gasteiger partial charge in [0.05, 0.1) is 19.6 Å². The molecule has 0 radical (unpaired) electrons. The highest BCUT2D eigenvalue weighted by molar-refractivity contribution is 5.47. The smallest absolute Gasteiger partial charge is 0.104 e. The Labute approximate surface area is 303 Å². The SMILES string of the molecule is C=Cc1ccc(C[N+](CCCCCCCCCCCC)(CCCCCCCCCCCC)CCCCCCCCCCCC)cc1.[Cl-]. The molecule has 0 N–H and O–H groups in total. The van der Waals surface area contributed by atoms with E-state index in [1.165, 1.54) is 234 Å². The average Bonchev–Trinajstić information content (AvgIpc) is 3.07. The summed E-state index contributed by atoms with van der Waals surface area (Å²) in [5.41, 5.74) is 2.79. The van der Waals surface area contributed by atoms with Gasteiger partial charge in [0.15, 0.2) is 0 Å². The highest BCUT2D eigenvalue weighted by atomic mass is 35.5. The van der Waals surface area contributed by atoms with Gasteiger partial charge < -0.3 is 16.9 Å². The molecule has 0 atom stereocenters. The van der Waals surface area contributed by atoms with Crippen LogP contribution in [-0.4, -0.2) is 24.1 Å². The Hall–Kier alpha value is -0.790. The van der Waals surface area contributed by atoms with Gasteiger partial charge in [-0.3, -0.25) is 0 Å². The minimum Gasteiger partial charge on any atom is -1.00 e. The second-order valence-corrected chi connectivity index (χ2v) is 15.2. The van der Waals surface area contributed by atoms with Crippen LogP contribution in [0.2, 0.25) is 0 Å². The lowest BCUT2D eigenvalue weighted by Gasteiger charge is -2.39. The summed E-state index contributed by atoms with van der Waals surface area (Å²) in [6.07, 6.45) is 45.0. The molecule has 0 saturated heterocycles. The maximum Gasteiger partial charge on any atom is 0.104 e. The first-order valence-corrected chi connectivity index (χ1v) is 21.3. The number of nitrogens with zero attached hydrogens (tertiary/aromatic N) is 1. The number of halogens is 1. The molecular formula is C45H84ClN. The first kappa shape index (κ1) is 46.2. The van der Waals surface area contributed by atoms with Gasteiger partial charge in [-0.25, -0.2) is 0 Å². The normalized spacial score (nSPS) is 11.6. The molecule has 0 heterocycles. The van der Waals surface area contributed by atoms with Gasteiger partial charge in [0.2, 0.25) is 0 Å². The number of benzene rings is 1. The maximum absolute atomic E-state index is 4.00. The number of unbranched alkanes of at least 4 members (excludes halogenated alkanes) is 27. The molecule has 2 heteroatoms. The Morgan fingerprint density at radius 1 is 0.404 bits per heavy atom. The first-order chi connectivity index (χ1) is 22.7. The van der Waals surface area contributed by atoms with Crippen molar-refractivity contribution in [2.24, 2.45) is 0 Å². The molecule has 0 aromatic heterocycles. The zero-order valence-electron chi connectivity index (χ0n) is 32.5. The molecule has 0 aliphatic heterocycles. The van der Waals surface area contributed by atoms with Crippen molar-refractivity contribution >= 4 is 6.08 Å². The Kier molecular flexibility index (Phi) is 34.5. The van der Waals surface area contributed by atoms with Crippen molar-refractivity contribution < 1.29 is 16.9 Å². The molecule has 0 saturated carbocycles. The van der Waals surface area contributed by atoms with Crippen LogP contribution in [0.15, 0.2) is 30.8 Å². The molecular weight excluding hydrogens is 590 g/mol. The van der Waals surface area contributed by atoms with Crippen LogP contribution in [0.5, 0.6) is 0 Å². The van der Waals surface area contributed by atoms with Crippen LogP contribution < -0.4 is 12.4 Å². The van der Waals surface area contributed by atoms with Crippen LogP contribution in [0.4, 0.5) is 0 Å². The van der Waals surface area contributed by atoms with E-state index in [4.69, 9.17) is 0 Å². The summed E-state index contributed by atoms with van der Waals surface area (Å²) >= 11 is 0. The van der Waals surface area contributed by atoms with Crippen molar-refractivity contribution in [2.45, 2.75) is 220 Å². The molecule has 0 aliphatic carbocycles. The molecule has 0 unspecified atom stereocenters. The quantitative estimate of drug-likeness (QED) is 0.0491. The van der Waals surface area contributed by atoms with Gasteiger partial charge in [0, 0.05) is 5.56 Å². The highest BCUT2D eigenvalue weighted by Gasteiger charge is 2.27. The van der Waals surface area contributed by atoms with Gasteiger partial charge in [0.25, 0.3) is 0 Å². The summed E-state index contributed by atoms with van der Waals surface area (Å²) in [6.45, 7) is 16.3. The summed E-state index contributed by atoms with van der Waals surface area (Å²) in [5.74, 6) is 0. The molecule has 1 rings (SSSR count). The van der Waals surface area contributed by atoms with Crippen LogP contribution in [0.25, 0.3) is 6.08 Å². The number of rotatable bonds is 36. The molecule has 276 valence electrons. The second kappa shape index (κ2) is 35.1. The van der Waals surface area contributed by atoms with Crippen molar-refractivity contribution in [3.63, 3.8) is 0 Å². The van der Waals surface area contributed by atoms with E-state index in [1.807, 2.05) is 6.08 Å². The van der Waals surface area contributed by atoms with Gasteiger partial charge in [-0.2, -0.15) is 0 Å². The Morgan fingerprint density at radius 2 is 0.660 bits per heavy atom. The molecule has 47 heavy (non-hydrogen) atoms. The van der Waals surface area contributed by atoms with Gasteiger partial charge in [-0.15, -0.1) is 0 Å². The van der Waals surface area contributed by atoms with Crippen LogP contribution in [0, 0.1) is 0 Å². The maximum atomic E-state index is 4.00. The third-order valence-corrected chi connectivity index (χ3v) is 10.7. The number of quaternary nitrogens is 1. The van der Waals surface area contributed by atoms with Crippen molar-refractivity contribution in [1.29, 1.82) is 0 Å². The molecule has 0 aliphatic rings. The van der Waals surface area contributed by atoms with Crippen LogP contribution in [-0.2, 0) is 6.54 Å². The summed E-state index contributed by atoms with van der Waals surface area (Å²) in [7, 11) is 0. The lowest BCUT2D eigenvalue weighted by molar-refractivity contribution is -0.941. The van der Waals surface area contributed by atoms with E-state index in [2.05, 4.69) is 51.6 Å². The molecule has 1 aromatic rings. The molecule has 1 nitrogen and oxygen atoms in total. The molecule has 0 fully saturated rings. The lowest BCUT2D eigenvalue weighted by atomic mass is 10.0. The van der Waals surface area contributed by atoms with E-state index < -0.39 is 0 Å². The monoisotopic (exact) mass is 674 g/mol. The molecule has 0 bridgehead atoms. The fraction of sp³-hybridized carbons (Fsp3) is 0.822. The first-order valence-electron chi connectivity index (χ1n) is 21.3. The Bertz CT molecular complexity index is 696. The fourth-order valence-corrected chi connectivity index (χ4v) is 7.52. The predicted octanol–water partition coefficient (Wildman–Crippen LogP) is 12.4. The average molecular weight is 675 g/mol. The lowest BCUT2D eigenvalue weighted by Crippen LogP contribution is -3.00. The van der Waals surface area contributed by atoms with E-state index in [9.17, 15) is 0 Å². The van der Waals surface area contributed by atoms with Crippen molar-refractivity contribution in [1.82, 2.24) is 0 Å². The molecule has 0 amide bonds. The predicted molar refractivity (Wildman–Crippen MR) is 211 cm³/mol. The standard InChI is InChI=1S/C45H84N.ClH/c1-5-9-12-15-18-21-24-27-30-33-40-46(43-45-38-36-44(8-4)37-39-45,41-34-31-28-25-22-19-16-13-10-6-2)42-35-32-29-26-23-20-17-14-11-7-3;/h8,36-39H,4-7,9-35,40-43H2,1-3H3;1H/q+1;/p-1.